The first-order valence-corrected chi connectivity index (χ1v) is 8.08. The maximum atomic E-state index is 13.3. The van der Waals surface area contributed by atoms with Crippen LogP contribution >= 0.6 is 15.9 Å². The Balaban J connectivity index is 2.66. The van der Waals surface area contributed by atoms with Gasteiger partial charge in [-0.3, -0.25) is 0 Å². The molecular weight excluding hydrogens is 328 g/mol. The number of sulfonamides is 1. The van der Waals surface area contributed by atoms with Crippen molar-refractivity contribution in [3.05, 3.63) is 29.8 Å². The molecule has 0 spiro atoms. The van der Waals surface area contributed by atoms with Crippen LogP contribution in [0.2, 0.25) is 0 Å². The highest BCUT2D eigenvalue weighted by molar-refractivity contribution is 9.09. The van der Waals surface area contributed by atoms with Crippen molar-refractivity contribution >= 4 is 26.0 Å². The van der Waals surface area contributed by atoms with Crippen molar-refractivity contribution in [2.24, 2.45) is 0 Å². The van der Waals surface area contributed by atoms with Crippen molar-refractivity contribution in [1.29, 1.82) is 0 Å². The SMILES string of the molecule is O=S(=O)(NCCCCCBr)c1cc(F)ccc1F. The standard InChI is InChI=1S/C11H14BrF2NO2S/c12-6-2-1-3-7-15-18(16,17)11-8-9(13)4-5-10(11)14/h4-5,8,15H,1-3,6-7H2. The zero-order chi connectivity index (χ0) is 13.6. The van der Waals surface area contributed by atoms with E-state index in [9.17, 15) is 17.2 Å². The molecule has 0 unspecified atom stereocenters. The maximum Gasteiger partial charge on any atom is 0.243 e. The molecule has 1 aromatic carbocycles. The minimum absolute atomic E-state index is 0.214. The summed E-state index contributed by atoms with van der Waals surface area (Å²) in [7, 11) is -3.98. The number of hydrogen-bond donors (Lipinski definition) is 1. The Labute approximate surface area is 114 Å². The number of halogens is 3. The van der Waals surface area contributed by atoms with Gasteiger partial charge in [-0.2, -0.15) is 0 Å². The molecule has 1 N–H and O–H groups in total. The minimum atomic E-state index is -3.98. The normalized spacial score (nSPS) is 11.7. The molecule has 1 aromatic rings. The summed E-state index contributed by atoms with van der Waals surface area (Å²) in [5.41, 5.74) is 0. The number of hydrogen-bond acceptors (Lipinski definition) is 2. The van der Waals surface area contributed by atoms with Crippen LogP contribution in [0, 0.1) is 11.6 Å². The second kappa shape index (κ2) is 7.16. The molecule has 0 bridgehead atoms. The van der Waals surface area contributed by atoms with E-state index in [1.54, 1.807) is 0 Å². The van der Waals surface area contributed by atoms with Crippen LogP contribution in [0.4, 0.5) is 8.78 Å². The van der Waals surface area contributed by atoms with Crippen LogP contribution in [-0.2, 0) is 10.0 Å². The zero-order valence-electron chi connectivity index (χ0n) is 9.63. The van der Waals surface area contributed by atoms with E-state index in [-0.39, 0.29) is 6.54 Å². The van der Waals surface area contributed by atoms with Gasteiger partial charge in [-0.15, -0.1) is 0 Å². The van der Waals surface area contributed by atoms with Crippen LogP contribution in [0.15, 0.2) is 23.1 Å². The smallest absolute Gasteiger partial charge is 0.211 e. The van der Waals surface area contributed by atoms with Gasteiger partial charge < -0.3 is 0 Å². The Morgan fingerprint density at radius 3 is 2.56 bits per heavy atom. The fourth-order valence-electron chi connectivity index (χ4n) is 1.36. The van der Waals surface area contributed by atoms with E-state index in [4.69, 9.17) is 0 Å². The summed E-state index contributed by atoms with van der Waals surface area (Å²) >= 11 is 3.27. The van der Waals surface area contributed by atoms with Crippen molar-refractivity contribution in [2.75, 3.05) is 11.9 Å². The first-order valence-electron chi connectivity index (χ1n) is 5.48. The Hall–Kier alpha value is -0.530. The zero-order valence-corrected chi connectivity index (χ0v) is 12.0. The van der Waals surface area contributed by atoms with Crippen LogP contribution in [0.25, 0.3) is 0 Å². The predicted octanol–water partition coefficient (Wildman–Crippen LogP) is 2.81. The molecule has 0 aliphatic carbocycles. The van der Waals surface area contributed by atoms with E-state index in [1.165, 1.54) is 0 Å². The third kappa shape index (κ3) is 4.62. The molecule has 0 aliphatic rings. The Morgan fingerprint density at radius 1 is 1.17 bits per heavy atom. The molecule has 18 heavy (non-hydrogen) atoms. The quantitative estimate of drug-likeness (QED) is 0.612. The van der Waals surface area contributed by atoms with Gasteiger partial charge in [0.25, 0.3) is 0 Å². The van der Waals surface area contributed by atoms with Gasteiger partial charge in [-0.05, 0) is 31.0 Å². The first kappa shape index (κ1) is 15.5. The summed E-state index contributed by atoms with van der Waals surface area (Å²) in [5.74, 6) is -1.74. The Morgan fingerprint density at radius 2 is 1.89 bits per heavy atom. The van der Waals surface area contributed by atoms with Crippen molar-refractivity contribution in [1.82, 2.24) is 4.72 Å². The summed E-state index contributed by atoms with van der Waals surface area (Å²) in [6, 6.07) is 2.36. The monoisotopic (exact) mass is 341 g/mol. The molecule has 0 radical (unpaired) electrons. The third-order valence-corrected chi connectivity index (χ3v) is 4.32. The van der Waals surface area contributed by atoms with Crippen molar-refractivity contribution in [3.63, 3.8) is 0 Å². The van der Waals surface area contributed by atoms with E-state index in [1.807, 2.05) is 0 Å². The number of nitrogens with one attached hydrogen (secondary N) is 1. The van der Waals surface area contributed by atoms with Gasteiger partial charge in [0.05, 0.1) is 0 Å². The number of unbranched alkanes of at least 4 members (excludes halogenated alkanes) is 2. The van der Waals surface area contributed by atoms with Crippen molar-refractivity contribution in [3.8, 4) is 0 Å². The van der Waals surface area contributed by atoms with Crippen molar-refractivity contribution in [2.45, 2.75) is 24.2 Å². The number of rotatable bonds is 7. The average Bonchev–Trinajstić information content (AvgIpc) is 2.32. The molecule has 0 fully saturated rings. The van der Waals surface area contributed by atoms with E-state index in [0.717, 1.165) is 30.3 Å². The molecular formula is C11H14BrF2NO2S. The fraction of sp³-hybridized carbons (Fsp3) is 0.455. The van der Waals surface area contributed by atoms with Crippen LogP contribution in [0.5, 0.6) is 0 Å². The number of alkyl halides is 1. The molecule has 0 atom stereocenters. The van der Waals surface area contributed by atoms with E-state index in [0.29, 0.717) is 12.5 Å². The van der Waals surface area contributed by atoms with Gasteiger partial charge in [-0.25, -0.2) is 21.9 Å². The molecule has 102 valence electrons. The van der Waals surface area contributed by atoms with Gasteiger partial charge in [0, 0.05) is 11.9 Å². The third-order valence-electron chi connectivity index (χ3n) is 2.29. The summed E-state index contributed by atoms with van der Waals surface area (Å²) in [4.78, 5) is -0.650. The first-order chi connectivity index (χ1) is 8.47. The van der Waals surface area contributed by atoms with Crippen LogP contribution in [0.3, 0.4) is 0 Å². The van der Waals surface area contributed by atoms with Gasteiger partial charge in [0.15, 0.2) is 0 Å². The maximum absolute atomic E-state index is 13.3. The van der Waals surface area contributed by atoms with Gasteiger partial charge in [0.1, 0.15) is 16.5 Å². The van der Waals surface area contributed by atoms with Gasteiger partial charge in [-0.1, -0.05) is 22.4 Å². The molecule has 7 heteroatoms. The predicted molar refractivity (Wildman–Crippen MR) is 69.2 cm³/mol. The highest BCUT2D eigenvalue weighted by Gasteiger charge is 2.19. The van der Waals surface area contributed by atoms with Crippen LogP contribution < -0.4 is 4.72 Å². The lowest BCUT2D eigenvalue weighted by molar-refractivity contribution is 0.543. The van der Waals surface area contributed by atoms with Crippen LogP contribution in [-0.4, -0.2) is 20.3 Å². The molecule has 0 saturated carbocycles. The molecule has 0 aromatic heterocycles. The van der Waals surface area contributed by atoms with E-state index in [2.05, 4.69) is 20.7 Å². The summed E-state index contributed by atoms with van der Waals surface area (Å²) in [5, 5.41) is 0.859. The molecule has 0 amide bonds. The van der Waals surface area contributed by atoms with E-state index < -0.39 is 26.6 Å². The highest BCUT2D eigenvalue weighted by atomic mass is 79.9. The van der Waals surface area contributed by atoms with Crippen LogP contribution in [0.1, 0.15) is 19.3 Å². The number of benzene rings is 1. The summed E-state index contributed by atoms with van der Waals surface area (Å²) in [6.45, 7) is 0.214. The fourth-order valence-corrected chi connectivity index (χ4v) is 2.92. The topological polar surface area (TPSA) is 46.2 Å². The Bertz CT molecular complexity index is 494. The molecule has 0 heterocycles. The second-order valence-corrected chi connectivity index (χ2v) is 6.25. The lowest BCUT2D eigenvalue weighted by Crippen LogP contribution is -2.25. The summed E-state index contributed by atoms with van der Waals surface area (Å²) < 4.78 is 51.9. The molecule has 0 saturated heterocycles. The molecule has 3 nitrogen and oxygen atoms in total. The van der Waals surface area contributed by atoms with E-state index >= 15 is 0 Å². The largest absolute Gasteiger partial charge is 0.243 e. The Kier molecular flexibility index (Phi) is 6.17. The van der Waals surface area contributed by atoms with Crippen molar-refractivity contribution < 1.29 is 17.2 Å². The van der Waals surface area contributed by atoms with Gasteiger partial charge >= 0.3 is 0 Å². The summed E-state index contributed by atoms with van der Waals surface area (Å²) in [6.07, 6.45) is 2.46. The average molecular weight is 342 g/mol. The molecule has 0 aliphatic heterocycles. The second-order valence-electron chi connectivity index (χ2n) is 3.72. The van der Waals surface area contributed by atoms with Gasteiger partial charge in [0.2, 0.25) is 10.0 Å². The lowest BCUT2D eigenvalue weighted by Gasteiger charge is -2.07. The minimum Gasteiger partial charge on any atom is -0.211 e. The highest BCUT2D eigenvalue weighted by Crippen LogP contribution is 2.15. The lowest BCUT2D eigenvalue weighted by atomic mass is 10.3. The molecule has 1 rings (SSSR count).